The van der Waals surface area contributed by atoms with E-state index >= 15 is 4.39 Å². The highest BCUT2D eigenvalue weighted by Crippen LogP contribution is 2.36. The van der Waals surface area contributed by atoms with E-state index in [1.165, 1.54) is 12.4 Å². The number of piperazine rings is 1. The van der Waals surface area contributed by atoms with Crippen molar-refractivity contribution in [2.75, 3.05) is 52.0 Å². The van der Waals surface area contributed by atoms with Gasteiger partial charge in [-0.15, -0.1) is 0 Å². The van der Waals surface area contributed by atoms with Crippen LogP contribution in [0, 0.1) is 17.1 Å². The molecule has 0 unspecified atom stereocenters. The second-order valence-corrected chi connectivity index (χ2v) is 12.5. The highest BCUT2D eigenvalue weighted by atomic mass is 19.1. The number of rotatable bonds is 7. The zero-order valence-corrected chi connectivity index (χ0v) is 26.4. The molecule has 2 fully saturated rings. The number of halogens is 1. The minimum atomic E-state index is -0.532. The van der Waals surface area contributed by atoms with Crippen LogP contribution in [0.4, 0.5) is 10.2 Å². The molecule has 11 nitrogen and oxygen atoms in total. The number of nitriles is 1. The Bertz CT molecular complexity index is 1810. The summed E-state index contributed by atoms with van der Waals surface area (Å²) >= 11 is 0. The number of anilines is 1. The van der Waals surface area contributed by atoms with Crippen molar-refractivity contribution in [2.24, 2.45) is 0 Å². The van der Waals surface area contributed by atoms with E-state index in [0.29, 0.717) is 54.2 Å². The highest BCUT2D eigenvalue weighted by Gasteiger charge is 2.33. The van der Waals surface area contributed by atoms with E-state index in [9.17, 15) is 10.1 Å². The monoisotopic (exact) mass is 623 g/mol. The molecule has 2 aromatic heterocycles. The van der Waals surface area contributed by atoms with Crippen LogP contribution in [-0.4, -0.2) is 92.2 Å². The van der Waals surface area contributed by atoms with Crippen molar-refractivity contribution in [1.29, 1.82) is 5.26 Å². The van der Waals surface area contributed by atoms with Gasteiger partial charge >= 0.3 is 0 Å². The van der Waals surface area contributed by atoms with Gasteiger partial charge in [0.1, 0.15) is 46.8 Å². The molecule has 2 aliphatic heterocycles. The van der Waals surface area contributed by atoms with Gasteiger partial charge in [-0.1, -0.05) is 18.2 Å². The predicted molar refractivity (Wildman–Crippen MR) is 173 cm³/mol. The molecule has 4 heterocycles. The maximum absolute atomic E-state index is 15.6. The lowest BCUT2D eigenvalue weighted by Gasteiger charge is -2.42. The fraction of sp³-hybridized carbons (Fsp3) is 0.382. The molecule has 1 atom stereocenters. The van der Waals surface area contributed by atoms with Gasteiger partial charge in [0.25, 0.3) is 5.91 Å². The summed E-state index contributed by atoms with van der Waals surface area (Å²) < 4.78 is 23.2. The Kier molecular flexibility index (Phi) is 8.71. The Morgan fingerprint density at radius 2 is 1.85 bits per heavy atom. The number of amides is 1. The zero-order valence-electron chi connectivity index (χ0n) is 26.4. The molecular weight excluding hydrogens is 585 g/mol. The molecule has 6 rings (SSSR count). The number of likely N-dealkylation sites (tertiary alicyclic amines) is 1. The number of carbonyl (C=O) groups is 1. The summed E-state index contributed by atoms with van der Waals surface area (Å²) in [7, 11) is 2.09. The molecule has 2 aliphatic rings. The number of likely N-dealkylation sites (N-methyl/N-ethyl adjacent to an activating group) is 1. The zero-order chi connectivity index (χ0) is 32.4. The van der Waals surface area contributed by atoms with Gasteiger partial charge in [-0.3, -0.25) is 9.69 Å². The number of fused-ring (bicyclic) bond motifs is 1. The third kappa shape index (κ3) is 6.29. The number of aromatic nitrogens is 4. The molecule has 46 heavy (non-hydrogen) atoms. The number of hydrogen-bond donors (Lipinski definition) is 1. The minimum Gasteiger partial charge on any atom is -0.457 e. The topological polar surface area (TPSA) is 129 Å². The van der Waals surface area contributed by atoms with Gasteiger partial charge < -0.3 is 20.3 Å². The molecule has 0 saturated carbocycles. The van der Waals surface area contributed by atoms with Crippen LogP contribution in [0.15, 0.2) is 66.5 Å². The average Bonchev–Trinajstić information content (AvgIpc) is 3.45. The van der Waals surface area contributed by atoms with Crippen molar-refractivity contribution in [2.45, 2.75) is 38.3 Å². The smallest absolute Gasteiger partial charge is 0.264 e. The van der Waals surface area contributed by atoms with Crippen LogP contribution in [0.2, 0.25) is 0 Å². The largest absolute Gasteiger partial charge is 0.457 e. The molecule has 1 amide bonds. The first-order chi connectivity index (χ1) is 22.1. The Hall–Kier alpha value is -4.86. The number of nitrogens with two attached hydrogens (primary N) is 1. The van der Waals surface area contributed by atoms with Gasteiger partial charge in [0.15, 0.2) is 5.65 Å². The number of carbonyl (C=O) groups excluding carboxylic acids is 1. The van der Waals surface area contributed by atoms with Crippen LogP contribution >= 0.6 is 0 Å². The summed E-state index contributed by atoms with van der Waals surface area (Å²) in [5.41, 5.74) is 6.99. The van der Waals surface area contributed by atoms with Crippen molar-refractivity contribution in [1.82, 2.24) is 34.4 Å². The molecule has 12 heteroatoms. The van der Waals surface area contributed by atoms with Crippen molar-refractivity contribution in [3.05, 3.63) is 72.3 Å². The fourth-order valence-corrected chi connectivity index (χ4v) is 6.29. The predicted octanol–water partition coefficient (Wildman–Crippen LogP) is 4.65. The van der Waals surface area contributed by atoms with Crippen LogP contribution in [0.5, 0.6) is 11.5 Å². The number of nitrogen functional groups attached to an aromatic ring is 1. The van der Waals surface area contributed by atoms with Gasteiger partial charge in [-0.25, -0.2) is 19.0 Å². The number of ether oxygens (including phenoxy) is 1. The molecule has 0 radical (unpaired) electrons. The Morgan fingerprint density at radius 1 is 1.09 bits per heavy atom. The maximum Gasteiger partial charge on any atom is 0.264 e. The van der Waals surface area contributed by atoms with E-state index in [4.69, 9.17) is 15.6 Å². The van der Waals surface area contributed by atoms with Crippen molar-refractivity contribution < 1.29 is 13.9 Å². The lowest BCUT2D eigenvalue weighted by atomic mass is 9.96. The lowest BCUT2D eigenvalue weighted by molar-refractivity contribution is -0.128. The van der Waals surface area contributed by atoms with Crippen LogP contribution < -0.4 is 10.5 Å². The molecule has 0 spiro atoms. The molecule has 238 valence electrons. The molecular formula is C34H38FN9O2. The van der Waals surface area contributed by atoms with Gasteiger partial charge in [0, 0.05) is 56.4 Å². The van der Waals surface area contributed by atoms with E-state index < -0.39 is 11.4 Å². The standard InChI is InChI=1S/C34H38FN9O2/c1-34(2,43-16-14-41(3)15-17-43)19-23(20-36)33(45)42-13-7-8-24(21-42)44-32-29(31(37)38-22-39-32)30(40-44)27-12-11-26(18-28(27)35)46-25-9-5-4-6-10-25/h4-6,9-12,18-19,22,24H,7-8,13-17,21H2,1-3H3,(H2,37,38,39)/b23-19+/t24-/m0/s1. The minimum absolute atomic E-state index is 0.127. The number of hydrogen-bond acceptors (Lipinski definition) is 9. The molecule has 0 bridgehead atoms. The Labute approximate surface area is 267 Å². The summed E-state index contributed by atoms with van der Waals surface area (Å²) in [4.78, 5) is 28.7. The van der Waals surface area contributed by atoms with E-state index in [-0.39, 0.29) is 28.9 Å². The van der Waals surface area contributed by atoms with Gasteiger partial charge in [0.2, 0.25) is 0 Å². The summed E-state index contributed by atoms with van der Waals surface area (Å²) in [6.45, 7) is 8.52. The van der Waals surface area contributed by atoms with Gasteiger partial charge in [0.05, 0.1) is 11.4 Å². The Balaban J connectivity index is 1.27. The summed E-state index contributed by atoms with van der Waals surface area (Å²) in [5.74, 6) is 0.283. The first-order valence-corrected chi connectivity index (χ1v) is 15.5. The summed E-state index contributed by atoms with van der Waals surface area (Å²) in [5, 5.41) is 15.3. The average molecular weight is 624 g/mol. The first kappa shape index (κ1) is 31.1. The number of para-hydroxylation sites is 1. The van der Waals surface area contributed by atoms with E-state index in [1.54, 1.807) is 39.9 Å². The SMILES string of the molecule is CN1CCN(C(C)(C)/C=C(\C#N)C(=O)N2CCC[C@H](n3nc(-c4ccc(Oc5ccccc5)cc4F)c4c(N)ncnc43)C2)CC1. The van der Waals surface area contributed by atoms with E-state index in [1.807, 2.05) is 32.0 Å². The van der Waals surface area contributed by atoms with Crippen molar-refractivity contribution >= 4 is 22.8 Å². The van der Waals surface area contributed by atoms with E-state index in [2.05, 4.69) is 32.9 Å². The maximum atomic E-state index is 15.6. The number of benzene rings is 2. The van der Waals surface area contributed by atoms with Crippen LogP contribution in [-0.2, 0) is 4.79 Å². The van der Waals surface area contributed by atoms with Crippen LogP contribution in [0.25, 0.3) is 22.3 Å². The molecule has 2 N–H and O–H groups in total. The number of nitrogens with zero attached hydrogens (tertiary/aromatic N) is 8. The second kappa shape index (κ2) is 12.9. The van der Waals surface area contributed by atoms with Gasteiger partial charge in [-0.2, -0.15) is 10.4 Å². The quantitative estimate of drug-likeness (QED) is 0.231. The normalized spacial score (nSPS) is 18.5. The van der Waals surface area contributed by atoms with Gasteiger partial charge in [-0.05, 0) is 64.1 Å². The summed E-state index contributed by atoms with van der Waals surface area (Å²) in [6, 6.07) is 15.6. The molecule has 2 aromatic carbocycles. The Morgan fingerprint density at radius 3 is 2.57 bits per heavy atom. The molecule has 4 aromatic rings. The second-order valence-electron chi connectivity index (χ2n) is 12.5. The summed E-state index contributed by atoms with van der Waals surface area (Å²) in [6.07, 6.45) is 4.58. The van der Waals surface area contributed by atoms with Crippen LogP contribution in [0.1, 0.15) is 32.7 Å². The van der Waals surface area contributed by atoms with Crippen LogP contribution in [0.3, 0.4) is 0 Å². The molecule has 0 aliphatic carbocycles. The van der Waals surface area contributed by atoms with Crippen molar-refractivity contribution in [3.63, 3.8) is 0 Å². The fourth-order valence-electron chi connectivity index (χ4n) is 6.29. The third-order valence-electron chi connectivity index (χ3n) is 8.89. The number of piperidine rings is 1. The highest BCUT2D eigenvalue weighted by molar-refractivity contribution is 5.99. The lowest BCUT2D eigenvalue weighted by Crippen LogP contribution is -2.53. The molecule has 2 saturated heterocycles. The third-order valence-corrected chi connectivity index (χ3v) is 8.89. The van der Waals surface area contributed by atoms with E-state index in [0.717, 1.165) is 26.2 Å². The van der Waals surface area contributed by atoms with Crippen molar-refractivity contribution in [3.8, 4) is 28.8 Å². The first-order valence-electron chi connectivity index (χ1n) is 15.5.